The average molecular weight is 436 g/mol. The normalized spacial score (nSPS) is 20.4. The number of benzene rings is 3. The van der Waals surface area contributed by atoms with Gasteiger partial charge in [0.15, 0.2) is 17.1 Å². The summed E-state index contributed by atoms with van der Waals surface area (Å²) in [5.74, 6) is -1.31. The average Bonchev–Trinajstić information content (AvgIpc) is 3.13. The van der Waals surface area contributed by atoms with Crippen molar-refractivity contribution in [2.75, 3.05) is 4.90 Å². The number of anilines is 1. The number of fused-ring (bicyclic) bond motifs is 2. The van der Waals surface area contributed by atoms with Gasteiger partial charge in [-0.05, 0) is 53.1 Å². The van der Waals surface area contributed by atoms with Gasteiger partial charge in [-0.2, -0.15) is 0 Å². The second-order valence-corrected chi connectivity index (χ2v) is 8.19. The number of amides is 1. The van der Waals surface area contributed by atoms with Crippen molar-refractivity contribution in [2.45, 2.75) is 12.0 Å². The molecule has 5 rings (SSSR count). The number of hydrogen-bond acceptors (Lipinski definition) is 3. The lowest BCUT2D eigenvalue weighted by atomic mass is 9.79. The Morgan fingerprint density at radius 1 is 0.867 bits per heavy atom. The molecular weight excluding hydrogens is 421 g/mol. The molecule has 1 aliphatic heterocycles. The van der Waals surface area contributed by atoms with Crippen molar-refractivity contribution >= 4 is 46.2 Å². The van der Waals surface area contributed by atoms with E-state index < -0.39 is 17.2 Å². The van der Waals surface area contributed by atoms with Crippen LogP contribution in [0.4, 0.5) is 5.69 Å². The Kier molecular flexibility index (Phi) is 4.24. The van der Waals surface area contributed by atoms with E-state index in [-0.39, 0.29) is 17.8 Å². The van der Waals surface area contributed by atoms with Gasteiger partial charge in [0.05, 0.1) is 0 Å². The van der Waals surface area contributed by atoms with Crippen molar-refractivity contribution in [2.24, 2.45) is 0 Å². The van der Waals surface area contributed by atoms with E-state index in [0.29, 0.717) is 26.9 Å². The van der Waals surface area contributed by atoms with E-state index >= 15 is 0 Å². The first kappa shape index (κ1) is 18.9. The van der Waals surface area contributed by atoms with Gasteiger partial charge in [-0.25, -0.2) is 0 Å². The lowest BCUT2D eigenvalue weighted by molar-refractivity contribution is -0.124. The van der Waals surface area contributed by atoms with Crippen LogP contribution in [0.1, 0.15) is 16.7 Å². The second kappa shape index (κ2) is 6.73. The summed E-state index contributed by atoms with van der Waals surface area (Å²) in [6.45, 7) is 0. The molecule has 148 valence electrons. The molecule has 0 saturated heterocycles. The standard InChI is InChI=1S/C24H15Cl2NO3/c25-16-6-4-5-14(11-16)21-22(29)23(30)27(18-7-2-1-3-8-18)24(21)19-10-9-17(26)12-15(19)13-20(24)28/h1-12,29H,13H2. The molecule has 1 aliphatic carbocycles. The van der Waals surface area contributed by atoms with E-state index in [1.807, 2.05) is 6.07 Å². The van der Waals surface area contributed by atoms with Crippen molar-refractivity contribution in [1.29, 1.82) is 0 Å². The summed E-state index contributed by atoms with van der Waals surface area (Å²) in [5, 5.41) is 12.0. The SMILES string of the molecule is O=C1C(O)=C(c2cccc(Cl)c2)C2(C(=O)Cc3cc(Cl)ccc32)N1c1ccccc1. The number of aliphatic hydroxyl groups excluding tert-OH is 1. The highest BCUT2D eigenvalue weighted by molar-refractivity contribution is 6.32. The van der Waals surface area contributed by atoms with Gasteiger partial charge in [-0.3, -0.25) is 14.5 Å². The number of ketones is 1. The maximum Gasteiger partial charge on any atom is 0.294 e. The fourth-order valence-corrected chi connectivity index (χ4v) is 4.94. The fourth-order valence-electron chi connectivity index (χ4n) is 4.56. The zero-order chi connectivity index (χ0) is 21.0. The topological polar surface area (TPSA) is 57.6 Å². The molecule has 0 aromatic heterocycles. The van der Waals surface area contributed by atoms with Crippen LogP contribution in [-0.2, 0) is 21.5 Å². The molecule has 0 saturated carbocycles. The first-order valence-corrected chi connectivity index (χ1v) is 10.1. The number of hydrogen-bond donors (Lipinski definition) is 1. The molecule has 0 fully saturated rings. The van der Waals surface area contributed by atoms with Gasteiger partial charge >= 0.3 is 0 Å². The van der Waals surface area contributed by atoms with Gasteiger partial charge in [-0.1, -0.05) is 59.6 Å². The van der Waals surface area contributed by atoms with Crippen LogP contribution in [0.15, 0.2) is 78.6 Å². The number of carbonyl (C=O) groups is 2. The Bertz CT molecular complexity index is 1250. The molecule has 4 nitrogen and oxygen atoms in total. The molecule has 0 bridgehead atoms. The predicted molar refractivity (Wildman–Crippen MR) is 117 cm³/mol. The summed E-state index contributed by atoms with van der Waals surface area (Å²) < 4.78 is 0. The van der Waals surface area contributed by atoms with E-state index in [4.69, 9.17) is 23.2 Å². The number of nitrogens with zero attached hydrogens (tertiary/aromatic N) is 1. The Morgan fingerprint density at radius 2 is 1.60 bits per heavy atom. The summed E-state index contributed by atoms with van der Waals surface area (Å²) in [5.41, 5.74) is 1.14. The Labute approximate surface area is 183 Å². The number of aliphatic hydroxyl groups is 1. The Morgan fingerprint density at radius 3 is 2.33 bits per heavy atom. The molecule has 1 spiro atoms. The Hall–Kier alpha value is -3.08. The molecule has 6 heteroatoms. The number of rotatable bonds is 2. The first-order chi connectivity index (χ1) is 14.4. The van der Waals surface area contributed by atoms with Crippen molar-refractivity contribution in [3.63, 3.8) is 0 Å². The zero-order valence-electron chi connectivity index (χ0n) is 15.6. The van der Waals surface area contributed by atoms with Crippen molar-refractivity contribution in [1.82, 2.24) is 0 Å². The third kappa shape index (κ3) is 2.47. The van der Waals surface area contributed by atoms with Crippen LogP contribution >= 0.6 is 23.2 Å². The summed E-state index contributed by atoms with van der Waals surface area (Å²) in [6, 6.07) is 20.9. The molecule has 1 amide bonds. The highest BCUT2D eigenvalue weighted by atomic mass is 35.5. The van der Waals surface area contributed by atoms with Crippen LogP contribution in [0.25, 0.3) is 5.57 Å². The molecule has 2 aliphatic rings. The van der Waals surface area contributed by atoms with Crippen molar-refractivity contribution in [3.8, 4) is 0 Å². The maximum atomic E-state index is 13.7. The van der Waals surface area contributed by atoms with Crippen LogP contribution in [-0.4, -0.2) is 16.8 Å². The lowest BCUT2D eigenvalue weighted by Crippen LogP contribution is -2.49. The first-order valence-electron chi connectivity index (χ1n) is 9.36. The highest BCUT2D eigenvalue weighted by Crippen LogP contribution is 2.55. The largest absolute Gasteiger partial charge is 0.503 e. The number of halogens is 2. The van der Waals surface area contributed by atoms with Gasteiger partial charge in [-0.15, -0.1) is 0 Å². The lowest BCUT2D eigenvalue weighted by Gasteiger charge is -2.37. The maximum absolute atomic E-state index is 13.7. The predicted octanol–water partition coefficient (Wildman–Crippen LogP) is 5.33. The molecule has 1 heterocycles. The second-order valence-electron chi connectivity index (χ2n) is 7.32. The zero-order valence-corrected chi connectivity index (χ0v) is 17.1. The Balaban J connectivity index is 1.88. The number of carbonyl (C=O) groups excluding carboxylic acids is 2. The van der Waals surface area contributed by atoms with E-state index in [9.17, 15) is 14.7 Å². The summed E-state index contributed by atoms with van der Waals surface area (Å²) in [4.78, 5) is 28.4. The van der Waals surface area contributed by atoms with Gasteiger partial charge < -0.3 is 5.11 Å². The quantitative estimate of drug-likeness (QED) is 0.591. The van der Waals surface area contributed by atoms with E-state index in [1.54, 1.807) is 66.7 Å². The molecule has 3 aromatic carbocycles. The van der Waals surface area contributed by atoms with Crippen molar-refractivity contribution in [3.05, 3.63) is 105 Å². The summed E-state index contributed by atoms with van der Waals surface area (Å²) in [6.07, 6.45) is 0.101. The van der Waals surface area contributed by atoms with Crippen LogP contribution in [0.5, 0.6) is 0 Å². The highest BCUT2D eigenvalue weighted by Gasteiger charge is 2.62. The minimum atomic E-state index is -1.49. The molecule has 1 atom stereocenters. The summed E-state index contributed by atoms with van der Waals surface area (Å²) in [7, 11) is 0. The third-order valence-corrected chi connectivity index (χ3v) is 6.15. The fraction of sp³-hybridized carbons (Fsp3) is 0.0833. The van der Waals surface area contributed by atoms with Crippen molar-refractivity contribution < 1.29 is 14.7 Å². The van der Waals surface area contributed by atoms with Crippen LogP contribution in [0.3, 0.4) is 0 Å². The molecule has 30 heavy (non-hydrogen) atoms. The summed E-state index contributed by atoms with van der Waals surface area (Å²) >= 11 is 12.4. The smallest absolute Gasteiger partial charge is 0.294 e. The van der Waals surface area contributed by atoms with Crippen LogP contribution in [0, 0.1) is 0 Å². The minimum absolute atomic E-state index is 0.101. The van der Waals surface area contributed by atoms with Gasteiger partial charge in [0.1, 0.15) is 0 Å². The molecule has 0 radical (unpaired) electrons. The number of para-hydroxylation sites is 1. The third-order valence-electron chi connectivity index (χ3n) is 5.68. The van der Waals surface area contributed by atoms with E-state index in [1.165, 1.54) is 4.90 Å². The molecular formula is C24H15Cl2NO3. The van der Waals surface area contributed by atoms with Gasteiger partial charge in [0.25, 0.3) is 5.91 Å². The number of Topliss-reactive ketones (excluding diaryl/α,β-unsaturated/α-hetero) is 1. The monoisotopic (exact) mass is 435 g/mol. The molecule has 1 unspecified atom stereocenters. The van der Waals surface area contributed by atoms with E-state index in [0.717, 1.165) is 5.56 Å². The van der Waals surface area contributed by atoms with Crippen LogP contribution in [0.2, 0.25) is 10.0 Å². The van der Waals surface area contributed by atoms with Crippen LogP contribution < -0.4 is 4.90 Å². The molecule has 3 aromatic rings. The molecule has 1 N–H and O–H groups in total. The minimum Gasteiger partial charge on any atom is -0.503 e. The van der Waals surface area contributed by atoms with Gasteiger partial charge in [0.2, 0.25) is 0 Å². The van der Waals surface area contributed by atoms with E-state index in [2.05, 4.69) is 0 Å². The van der Waals surface area contributed by atoms with Gasteiger partial charge in [0, 0.05) is 27.7 Å².